The quantitative estimate of drug-likeness (QED) is 0.408. The van der Waals surface area contributed by atoms with Gasteiger partial charge in [0.2, 0.25) is 0 Å². The second kappa shape index (κ2) is 2.05. The Bertz CT molecular complexity index is 113. The van der Waals surface area contributed by atoms with Crippen molar-refractivity contribution in [2.75, 3.05) is 6.61 Å². The van der Waals surface area contributed by atoms with E-state index in [2.05, 4.69) is 15.9 Å². The number of alkyl halides is 1. The highest BCUT2D eigenvalue weighted by Gasteiger charge is 2.30. The molecule has 2 unspecified atom stereocenters. The molecule has 0 amide bonds. The van der Waals surface area contributed by atoms with Gasteiger partial charge in [0.1, 0.15) is 4.83 Å². The van der Waals surface area contributed by atoms with E-state index in [0.29, 0.717) is 12.5 Å². The fourth-order valence-electron chi connectivity index (χ4n) is 0.610. The van der Waals surface area contributed by atoms with Crippen LogP contribution in [0.1, 0.15) is 6.92 Å². The zero-order valence-corrected chi connectivity index (χ0v) is 6.14. The topological polar surface area (TPSA) is 26.3 Å². The highest BCUT2D eigenvalue weighted by atomic mass is 79.9. The van der Waals surface area contributed by atoms with E-state index in [1.165, 1.54) is 0 Å². The van der Waals surface area contributed by atoms with Crippen molar-refractivity contribution in [3.63, 3.8) is 0 Å². The van der Waals surface area contributed by atoms with Crippen molar-refractivity contribution in [3.8, 4) is 0 Å². The number of ether oxygens (including phenoxy) is 1. The Labute approximate surface area is 56.3 Å². The predicted octanol–water partition coefficient (Wildman–Crippen LogP) is 0.943. The Balaban J connectivity index is 2.56. The minimum Gasteiger partial charge on any atom is -0.465 e. The molecule has 3 heteroatoms. The van der Waals surface area contributed by atoms with E-state index in [0.717, 1.165) is 0 Å². The monoisotopic (exact) mass is 178 g/mol. The third-order valence-corrected chi connectivity index (χ3v) is 2.49. The summed E-state index contributed by atoms with van der Waals surface area (Å²) in [6.45, 7) is 2.54. The fourth-order valence-corrected chi connectivity index (χ4v) is 0.895. The van der Waals surface area contributed by atoms with E-state index in [1.54, 1.807) is 0 Å². The van der Waals surface area contributed by atoms with Gasteiger partial charge in [-0.05, 0) is 0 Å². The van der Waals surface area contributed by atoms with Crippen LogP contribution in [0.25, 0.3) is 0 Å². The highest BCUT2D eigenvalue weighted by molar-refractivity contribution is 9.10. The lowest BCUT2D eigenvalue weighted by atomic mass is 10.2. The molecular formula is C5H7BrO2. The first-order valence-electron chi connectivity index (χ1n) is 2.52. The van der Waals surface area contributed by atoms with Gasteiger partial charge in [-0.1, -0.05) is 22.9 Å². The van der Waals surface area contributed by atoms with Crippen LogP contribution in [0.3, 0.4) is 0 Å². The van der Waals surface area contributed by atoms with Crippen LogP contribution in [-0.2, 0) is 9.53 Å². The summed E-state index contributed by atoms with van der Waals surface area (Å²) in [7, 11) is 0. The molecule has 8 heavy (non-hydrogen) atoms. The van der Waals surface area contributed by atoms with Gasteiger partial charge in [0, 0.05) is 5.92 Å². The summed E-state index contributed by atoms with van der Waals surface area (Å²) in [4.78, 5) is 10.4. The Morgan fingerprint density at radius 3 is 2.62 bits per heavy atom. The summed E-state index contributed by atoms with van der Waals surface area (Å²) in [5.41, 5.74) is 0. The van der Waals surface area contributed by atoms with E-state index in [9.17, 15) is 4.79 Å². The molecule has 2 nitrogen and oxygen atoms in total. The normalized spacial score (nSPS) is 37.5. The molecule has 1 heterocycles. The van der Waals surface area contributed by atoms with Crippen molar-refractivity contribution in [1.29, 1.82) is 0 Å². The van der Waals surface area contributed by atoms with E-state index in [-0.39, 0.29) is 10.8 Å². The van der Waals surface area contributed by atoms with Gasteiger partial charge >= 0.3 is 5.97 Å². The first-order valence-corrected chi connectivity index (χ1v) is 3.44. The number of esters is 1. The molecule has 1 rings (SSSR count). The fraction of sp³-hybridized carbons (Fsp3) is 0.800. The molecule has 0 aliphatic carbocycles. The first kappa shape index (κ1) is 6.08. The van der Waals surface area contributed by atoms with Crippen LogP contribution in [-0.4, -0.2) is 17.4 Å². The van der Waals surface area contributed by atoms with Crippen molar-refractivity contribution in [3.05, 3.63) is 0 Å². The average molecular weight is 179 g/mol. The Morgan fingerprint density at radius 1 is 1.88 bits per heavy atom. The lowest BCUT2D eigenvalue weighted by Gasteiger charge is -1.96. The number of hydrogen-bond donors (Lipinski definition) is 0. The Morgan fingerprint density at radius 2 is 2.50 bits per heavy atom. The summed E-state index contributed by atoms with van der Waals surface area (Å²) < 4.78 is 4.69. The SMILES string of the molecule is CC1COC(=O)C1Br. The zero-order valence-electron chi connectivity index (χ0n) is 4.56. The van der Waals surface area contributed by atoms with Crippen LogP contribution >= 0.6 is 15.9 Å². The molecule has 0 N–H and O–H groups in total. The second-order valence-electron chi connectivity index (χ2n) is 2.01. The lowest BCUT2D eigenvalue weighted by Crippen LogP contribution is -2.11. The van der Waals surface area contributed by atoms with Crippen LogP contribution < -0.4 is 0 Å². The van der Waals surface area contributed by atoms with Crippen molar-refractivity contribution in [2.24, 2.45) is 5.92 Å². The highest BCUT2D eigenvalue weighted by Crippen LogP contribution is 2.20. The average Bonchev–Trinajstić information content (AvgIpc) is 1.98. The summed E-state index contributed by atoms with van der Waals surface area (Å²) in [5.74, 6) is 0.208. The molecule has 0 saturated carbocycles. The standard InChI is InChI=1S/C5H7BrO2/c1-3-2-8-5(7)4(3)6/h3-4H,2H2,1H3. The smallest absolute Gasteiger partial charge is 0.320 e. The van der Waals surface area contributed by atoms with E-state index < -0.39 is 0 Å². The number of carbonyl (C=O) groups is 1. The van der Waals surface area contributed by atoms with Crippen LogP contribution in [0.5, 0.6) is 0 Å². The van der Waals surface area contributed by atoms with E-state index >= 15 is 0 Å². The van der Waals surface area contributed by atoms with Gasteiger partial charge in [0.05, 0.1) is 6.61 Å². The summed E-state index contributed by atoms with van der Waals surface area (Å²) in [6, 6.07) is 0. The molecule has 0 bridgehead atoms. The van der Waals surface area contributed by atoms with Gasteiger partial charge in [-0.25, -0.2) is 0 Å². The lowest BCUT2D eigenvalue weighted by molar-refractivity contribution is -0.137. The first-order chi connectivity index (χ1) is 3.72. The van der Waals surface area contributed by atoms with Crippen molar-refractivity contribution in [2.45, 2.75) is 11.8 Å². The van der Waals surface area contributed by atoms with Crippen molar-refractivity contribution < 1.29 is 9.53 Å². The van der Waals surface area contributed by atoms with Gasteiger partial charge < -0.3 is 4.74 Å². The molecule has 0 aromatic heterocycles. The van der Waals surface area contributed by atoms with Gasteiger partial charge in [-0.3, -0.25) is 4.79 Å². The maximum atomic E-state index is 10.5. The molecule has 1 saturated heterocycles. The number of carbonyl (C=O) groups excluding carboxylic acids is 1. The molecule has 1 fully saturated rings. The Hall–Kier alpha value is -0.0500. The predicted molar refractivity (Wildman–Crippen MR) is 32.8 cm³/mol. The van der Waals surface area contributed by atoms with Crippen LogP contribution in [0.2, 0.25) is 0 Å². The second-order valence-corrected chi connectivity index (χ2v) is 3.00. The largest absolute Gasteiger partial charge is 0.465 e. The van der Waals surface area contributed by atoms with Crippen LogP contribution in [0.4, 0.5) is 0 Å². The minimum absolute atomic E-state index is 0.0671. The molecule has 0 aromatic rings. The van der Waals surface area contributed by atoms with Gasteiger partial charge in [-0.15, -0.1) is 0 Å². The van der Waals surface area contributed by atoms with Gasteiger partial charge in [0.25, 0.3) is 0 Å². The van der Waals surface area contributed by atoms with Crippen LogP contribution in [0, 0.1) is 5.92 Å². The molecule has 2 atom stereocenters. The minimum atomic E-state index is -0.127. The third kappa shape index (κ3) is 0.869. The van der Waals surface area contributed by atoms with Crippen molar-refractivity contribution >= 4 is 21.9 Å². The number of hydrogen-bond acceptors (Lipinski definition) is 2. The van der Waals surface area contributed by atoms with E-state index in [1.807, 2.05) is 6.92 Å². The third-order valence-electron chi connectivity index (χ3n) is 1.21. The molecular weight excluding hydrogens is 172 g/mol. The van der Waals surface area contributed by atoms with Gasteiger partial charge in [-0.2, -0.15) is 0 Å². The molecule has 1 aliphatic rings. The van der Waals surface area contributed by atoms with Crippen molar-refractivity contribution in [1.82, 2.24) is 0 Å². The number of halogens is 1. The molecule has 0 spiro atoms. The molecule has 0 aromatic carbocycles. The maximum Gasteiger partial charge on any atom is 0.320 e. The number of cyclic esters (lactones) is 1. The van der Waals surface area contributed by atoms with E-state index in [4.69, 9.17) is 4.74 Å². The molecule has 0 radical (unpaired) electrons. The summed E-state index contributed by atoms with van der Waals surface area (Å²) >= 11 is 3.19. The molecule has 46 valence electrons. The Kier molecular flexibility index (Phi) is 1.56. The summed E-state index contributed by atoms with van der Waals surface area (Å²) in [5, 5.41) is 0. The van der Waals surface area contributed by atoms with Gasteiger partial charge in [0.15, 0.2) is 0 Å². The molecule has 1 aliphatic heterocycles. The van der Waals surface area contributed by atoms with Crippen LogP contribution in [0.15, 0.2) is 0 Å². The zero-order chi connectivity index (χ0) is 6.15. The summed E-state index contributed by atoms with van der Waals surface area (Å²) in [6.07, 6.45) is 0. The maximum absolute atomic E-state index is 10.5. The number of rotatable bonds is 0.